The van der Waals surface area contributed by atoms with E-state index in [4.69, 9.17) is 4.18 Å². The van der Waals surface area contributed by atoms with Crippen LogP contribution in [0.25, 0.3) is 0 Å². The van der Waals surface area contributed by atoms with Gasteiger partial charge in [-0.25, -0.2) is 0 Å². The van der Waals surface area contributed by atoms with E-state index in [1.807, 2.05) is 49.9 Å². The maximum Gasteiger partial charge on any atom is 0.306 e. The maximum absolute atomic E-state index is 13.0. The van der Waals surface area contributed by atoms with Crippen LogP contribution in [-0.4, -0.2) is 31.5 Å². The summed E-state index contributed by atoms with van der Waals surface area (Å²) >= 11 is 0. The Morgan fingerprint density at radius 1 is 1.12 bits per heavy atom. The van der Waals surface area contributed by atoms with Gasteiger partial charge in [-0.05, 0) is 49.6 Å². The zero-order valence-corrected chi connectivity index (χ0v) is 16.4. The van der Waals surface area contributed by atoms with Crippen molar-refractivity contribution in [2.75, 3.05) is 6.26 Å². The highest BCUT2D eigenvalue weighted by Crippen LogP contribution is 2.20. The molecule has 2 aromatic rings. The topological polar surface area (TPSA) is 63.7 Å². The summed E-state index contributed by atoms with van der Waals surface area (Å²) in [5.74, 6) is 0.255. The van der Waals surface area contributed by atoms with Crippen LogP contribution in [0.2, 0.25) is 0 Å². The van der Waals surface area contributed by atoms with Gasteiger partial charge in [-0.2, -0.15) is 8.42 Å². The van der Waals surface area contributed by atoms with Gasteiger partial charge < -0.3 is 9.08 Å². The predicted octanol–water partition coefficient (Wildman–Crippen LogP) is 3.77. The molecule has 0 radical (unpaired) electrons. The van der Waals surface area contributed by atoms with Crippen LogP contribution >= 0.6 is 0 Å². The Hall–Kier alpha value is -2.34. The molecule has 0 spiro atoms. The van der Waals surface area contributed by atoms with Crippen LogP contribution in [0.1, 0.15) is 41.8 Å². The monoisotopic (exact) mass is 375 g/mol. The minimum atomic E-state index is -3.55. The van der Waals surface area contributed by atoms with Crippen LogP contribution in [0.3, 0.4) is 0 Å². The van der Waals surface area contributed by atoms with Crippen molar-refractivity contribution in [3.8, 4) is 5.75 Å². The van der Waals surface area contributed by atoms with E-state index in [1.165, 1.54) is 0 Å². The second kappa shape index (κ2) is 8.36. The summed E-state index contributed by atoms with van der Waals surface area (Å²) in [6.07, 6.45) is 1.85. The fraction of sp³-hybridized carbons (Fsp3) is 0.350. The number of rotatable bonds is 7. The van der Waals surface area contributed by atoms with Gasteiger partial charge >= 0.3 is 10.1 Å². The summed E-state index contributed by atoms with van der Waals surface area (Å²) in [5.41, 5.74) is 2.56. The summed E-state index contributed by atoms with van der Waals surface area (Å²) in [7, 11) is -3.55. The molecule has 26 heavy (non-hydrogen) atoms. The van der Waals surface area contributed by atoms with Crippen LogP contribution in [0, 0.1) is 6.92 Å². The average Bonchev–Trinajstić information content (AvgIpc) is 2.59. The van der Waals surface area contributed by atoms with Gasteiger partial charge in [0, 0.05) is 18.2 Å². The molecule has 0 bridgehead atoms. The van der Waals surface area contributed by atoms with E-state index in [2.05, 4.69) is 0 Å². The molecule has 5 nitrogen and oxygen atoms in total. The first kappa shape index (κ1) is 20.0. The zero-order chi connectivity index (χ0) is 19.3. The molecule has 0 fully saturated rings. The number of benzene rings is 2. The molecule has 0 aliphatic rings. The van der Waals surface area contributed by atoms with E-state index in [9.17, 15) is 13.2 Å². The van der Waals surface area contributed by atoms with Crippen LogP contribution < -0.4 is 4.18 Å². The predicted molar refractivity (Wildman–Crippen MR) is 103 cm³/mol. The van der Waals surface area contributed by atoms with Crippen molar-refractivity contribution in [1.29, 1.82) is 0 Å². The van der Waals surface area contributed by atoms with Crippen LogP contribution in [0.15, 0.2) is 48.5 Å². The van der Waals surface area contributed by atoms with Gasteiger partial charge in [-0.1, -0.05) is 37.3 Å². The number of aryl methyl sites for hydroxylation is 1. The largest absolute Gasteiger partial charge is 0.383 e. The molecule has 0 saturated carbocycles. The summed E-state index contributed by atoms with van der Waals surface area (Å²) < 4.78 is 27.2. The lowest BCUT2D eigenvalue weighted by molar-refractivity contribution is 0.0671. The molecule has 140 valence electrons. The Labute approximate surface area is 155 Å². The van der Waals surface area contributed by atoms with Crippen molar-refractivity contribution < 1.29 is 17.4 Å². The molecule has 0 aliphatic heterocycles. The number of nitrogens with zero attached hydrogens (tertiary/aromatic N) is 1. The fourth-order valence-corrected chi connectivity index (χ4v) is 3.10. The average molecular weight is 375 g/mol. The number of hydrogen-bond donors (Lipinski definition) is 0. The van der Waals surface area contributed by atoms with Crippen molar-refractivity contribution in [1.82, 2.24) is 4.90 Å². The van der Waals surface area contributed by atoms with E-state index in [0.29, 0.717) is 12.1 Å². The van der Waals surface area contributed by atoms with Gasteiger partial charge in [0.1, 0.15) is 5.75 Å². The third-order valence-electron chi connectivity index (χ3n) is 4.28. The standard InChI is InChI=1S/C20H25NO4S/c1-5-16(3)21(20(22)19-9-7-6-8-15(19)2)14-17-10-12-18(13-11-17)25-26(4,23)24/h6-13,16H,5,14H2,1-4H3. The second-order valence-electron chi connectivity index (χ2n) is 6.44. The molecule has 0 heterocycles. The molecular formula is C20H25NO4S. The molecular weight excluding hydrogens is 350 g/mol. The Kier molecular flexibility index (Phi) is 6.42. The summed E-state index contributed by atoms with van der Waals surface area (Å²) in [4.78, 5) is 14.9. The highest BCUT2D eigenvalue weighted by molar-refractivity contribution is 7.86. The second-order valence-corrected chi connectivity index (χ2v) is 8.01. The van der Waals surface area contributed by atoms with E-state index in [-0.39, 0.29) is 17.7 Å². The van der Waals surface area contributed by atoms with Crippen molar-refractivity contribution in [3.63, 3.8) is 0 Å². The van der Waals surface area contributed by atoms with Crippen molar-refractivity contribution in [3.05, 3.63) is 65.2 Å². The lowest BCUT2D eigenvalue weighted by Gasteiger charge is -2.29. The molecule has 1 unspecified atom stereocenters. The highest BCUT2D eigenvalue weighted by Gasteiger charge is 2.22. The molecule has 0 N–H and O–H groups in total. The molecule has 0 aromatic heterocycles. The number of hydrogen-bond acceptors (Lipinski definition) is 4. The number of carbonyl (C=O) groups is 1. The smallest absolute Gasteiger partial charge is 0.306 e. The van der Waals surface area contributed by atoms with E-state index in [1.54, 1.807) is 24.3 Å². The molecule has 2 rings (SSSR count). The van der Waals surface area contributed by atoms with E-state index >= 15 is 0 Å². The first-order valence-corrected chi connectivity index (χ1v) is 10.4. The normalized spacial score (nSPS) is 12.5. The van der Waals surface area contributed by atoms with Gasteiger partial charge in [0.2, 0.25) is 0 Å². The van der Waals surface area contributed by atoms with Crippen LogP contribution in [0.4, 0.5) is 0 Å². The van der Waals surface area contributed by atoms with Gasteiger partial charge in [0.05, 0.1) is 6.26 Å². The Bertz CT molecular complexity index is 860. The van der Waals surface area contributed by atoms with Gasteiger partial charge in [0.25, 0.3) is 5.91 Å². The fourth-order valence-electron chi connectivity index (χ4n) is 2.64. The highest BCUT2D eigenvalue weighted by atomic mass is 32.2. The number of amides is 1. The molecule has 0 saturated heterocycles. The van der Waals surface area contributed by atoms with E-state index < -0.39 is 10.1 Å². The van der Waals surface area contributed by atoms with Crippen molar-refractivity contribution >= 4 is 16.0 Å². The van der Waals surface area contributed by atoms with Crippen molar-refractivity contribution in [2.24, 2.45) is 0 Å². The summed E-state index contributed by atoms with van der Waals surface area (Å²) in [6.45, 7) is 6.45. The first-order valence-electron chi connectivity index (χ1n) is 8.56. The SMILES string of the molecule is CCC(C)N(Cc1ccc(OS(C)(=O)=O)cc1)C(=O)c1ccccc1C. The lowest BCUT2D eigenvalue weighted by atomic mass is 10.1. The first-order chi connectivity index (χ1) is 12.2. The molecule has 1 atom stereocenters. The van der Waals surface area contributed by atoms with Crippen LogP contribution in [0.5, 0.6) is 5.75 Å². The Morgan fingerprint density at radius 2 is 1.73 bits per heavy atom. The number of carbonyl (C=O) groups excluding carboxylic acids is 1. The molecule has 0 aliphatic carbocycles. The Balaban J connectivity index is 2.23. The lowest BCUT2D eigenvalue weighted by Crippen LogP contribution is -2.38. The van der Waals surface area contributed by atoms with Gasteiger partial charge in [-0.3, -0.25) is 4.79 Å². The molecule has 2 aromatic carbocycles. The van der Waals surface area contributed by atoms with Gasteiger partial charge in [0.15, 0.2) is 0 Å². The third-order valence-corrected chi connectivity index (χ3v) is 4.78. The minimum Gasteiger partial charge on any atom is -0.383 e. The van der Waals surface area contributed by atoms with Crippen molar-refractivity contribution in [2.45, 2.75) is 39.8 Å². The maximum atomic E-state index is 13.0. The summed E-state index contributed by atoms with van der Waals surface area (Å²) in [6, 6.07) is 14.4. The van der Waals surface area contributed by atoms with Gasteiger partial charge in [-0.15, -0.1) is 0 Å². The molecule has 1 amide bonds. The van der Waals surface area contributed by atoms with Crippen LogP contribution in [-0.2, 0) is 16.7 Å². The summed E-state index contributed by atoms with van der Waals surface area (Å²) in [5, 5.41) is 0. The quantitative estimate of drug-likeness (QED) is 0.691. The zero-order valence-electron chi connectivity index (χ0n) is 15.6. The minimum absolute atomic E-state index is 0.00564. The molecule has 6 heteroatoms. The third kappa shape index (κ3) is 5.33. The Morgan fingerprint density at radius 3 is 2.27 bits per heavy atom. The van der Waals surface area contributed by atoms with E-state index in [0.717, 1.165) is 23.8 Å².